The number of benzene rings is 1. The van der Waals surface area contributed by atoms with Gasteiger partial charge in [0.15, 0.2) is 0 Å². The molecular formula is C16H21NO4. The van der Waals surface area contributed by atoms with Crippen LogP contribution in [0.5, 0.6) is 0 Å². The summed E-state index contributed by atoms with van der Waals surface area (Å²) in [5.74, 6) is -1.51. The Morgan fingerprint density at radius 1 is 1.14 bits per heavy atom. The molecule has 0 radical (unpaired) electrons. The van der Waals surface area contributed by atoms with Crippen LogP contribution >= 0.6 is 0 Å². The number of nitrogens with one attached hydrogen (secondary N) is 1. The summed E-state index contributed by atoms with van der Waals surface area (Å²) in [5.41, 5.74) is 2.18. The molecule has 0 fully saturated rings. The Kier molecular flexibility index (Phi) is 6.59. The predicted molar refractivity (Wildman–Crippen MR) is 79.0 cm³/mol. The molecule has 1 atom stereocenters. The zero-order chi connectivity index (χ0) is 15.8. The first-order chi connectivity index (χ1) is 9.88. The molecule has 1 aromatic rings. The summed E-state index contributed by atoms with van der Waals surface area (Å²) < 4.78 is 0. The van der Waals surface area contributed by atoms with Crippen LogP contribution in [0.1, 0.15) is 37.3 Å². The fourth-order valence-corrected chi connectivity index (χ4v) is 1.88. The van der Waals surface area contributed by atoms with Crippen LogP contribution < -0.4 is 5.32 Å². The van der Waals surface area contributed by atoms with Gasteiger partial charge in [-0.05, 0) is 32.3 Å². The topological polar surface area (TPSA) is 83.5 Å². The summed E-state index contributed by atoms with van der Waals surface area (Å²) in [6.45, 7) is 3.39. The molecule has 0 aliphatic rings. The average Bonchev–Trinajstić information content (AvgIpc) is 2.42. The predicted octanol–water partition coefficient (Wildman–Crippen LogP) is 1.87. The minimum atomic E-state index is -1.11. The monoisotopic (exact) mass is 291 g/mol. The van der Waals surface area contributed by atoms with E-state index >= 15 is 0 Å². The van der Waals surface area contributed by atoms with Crippen molar-refractivity contribution in [1.82, 2.24) is 5.32 Å². The van der Waals surface area contributed by atoms with Crippen LogP contribution in [0.25, 0.3) is 0 Å². The summed E-state index contributed by atoms with van der Waals surface area (Å²) in [6.07, 6.45) is 1.06. The van der Waals surface area contributed by atoms with E-state index < -0.39 is 12.0 Å². The lowest BCUT2D eigenvalue weighted by atomic mass is 10.1. The number of aryl methyl sites for hydroxylation is 2. The van der Waals surface area contributed by atoms with Gasteiger partial charge in [-0.3, -0.25) is 4.79 Å². The van der Waals surface area contributed by atoms with Crippen molar-refractivity contribution >= 4 is 17.7 Å². The highest BCUT2D eigenvalue weighted by Gasteiger charge is 2.19. The Hall–Kier alpha value is -2.17. The van der Waals surface area contributed by atoms with Crippen molar-refractivity contribution in [2.24, 2.45) is 0 Å². The Bertz CT molecular complexity index is 508. The number of hydrogen-bond acceptors (Lipinski definition) is 3. The third kappa shape index (κ3) is 6.70. The molecule has 114 valence electrons. The Morgan fingerprint density at radius 3 is 2.29 bits per heavy atom. The minimum absolute atomic E-state index is 0.0878. The number of carboxylic acid groups (broad SMARTS) is 1. The molecule has 1 aromatic carbocycles. The van der Waals surface area contributed by atoms with E-state index in [1.807, 2.05) is 31.2 Å². The zero-order valence-corrected chi connectivity index (χ0v) is 12.4. The number of rotatable bonds is 8. The number of amides is 1. The fourth-order valence-electron chi connectivity index (χ4n) is 1.88. The van der Waals surface area contributed by atoms with Gasteiger partial charge in [-0.2, -0.15) is 0 Å². The van der Waals surface area contributed by atoms with Gasteiger partial charge in [-0.25, -0.2) is 4.79 Å². The molecule has 1 rings (SSSR count). The molecule has 5 nitrogen and oxygen atoms in total. The number of carbonyl (C=O) groups excluding carboxylic acids is 2. The molecule has 0 aliphatic heterocycles. The van der Waals surface area contributed by atoms with E-state index in [4.69, 9.17) is 5.11 Å². The number of hydrogen-bond donors (Lipinski definition) is 2. The number of Topliss-reactive ketones (excluding diaryl/α,β-unsaturated/α-hetero) is 1. The highest BCUT2D eigenvalue weighted by Crippen LogP contribution is 2.06. The SMILES string of the molecule is CC(=O)CCC(NC(=O)CCc1ccc(C)cc1)C(=O)O. The van der Waals surface area contributed by atoms with E-state index in [0.717, 1.165) is 11.1 Å². The molecule has 0 spiro atoms. The van der Waals surface area contributed by atoms with Gasteiger partial charge in [-0.1, -0.05) is 29.8 Å². The van der Waals surface area contributed by atoms with E-state index in [1.54, 1.807) is 0 Å². The van der Waals surface area contributed by atoms with Crippen LogP contribution in [0.2, 0.25) is 0 Å². The molecule has 5 heteroatoms. The molecule has 1 amide bonds. The minimum Gasteiger partial charge on any atom is -0.480 e. The Balaban J connectivity index is 2.44. The summed E-state index contributed by atoms with van der Waals surface area (Å²) in [5, 5.41) is 11.5. The third-order valence-corrected chi connectivity index (χ3v) is 3.18. The van der Waals surface area contributed by atoms with Gasteiger partial charge in [0.2, 0.25) is 5.91 Å². The summed E-state index contributed by atoms with van der Waals surface area (Å²) in [4.78, 5) is 33.7. The van der Waals surface area contributed by atoms with Crippen molar-refractivity contribution in [3.05, 3.63) is 35.4 Å². The van der Waals surface area contributed by atoms with Gasteiger partial charge < -0.3 is 15.2 Å². The van der Waals surface area contributed by atoms with Gasteiger partial charge in [0.05, 0.1) is 0 Å². The van der Waals surface area contributed by atoms with Crippen molar-refractivity contribution in [2.75, 3.05) is 0 Å². The lowest BCUT2D eigenvalue weighted by molar-refractivity contribution is -0.142. The van der Waals surface area contributed by atoms with Crippen molar-refractivity contribution in [1.29, 1.82) is 0 Å². The van der Waals surface area contributed by atoms with Gasteiger partial charge in [0.1, 0.15) is 11.8 Å². The fraction of sp³-hybridized carbons (Fsp3) is 0.438. The van der Waals surface area contributed by atoms with Crippen LogP contribution in [-0.4, -0.2) is 28.8 Å². The second kappa shape index (κ2) is 8.19. The summed E-state index contributed by atoms with van der Waals surface area (Å²) in [6, 6.07) is 6.85. The van der Waals surface area contributed by atoms with Gasteiger partial charge in [0.25, 0.3) is 0 Å². The van der Waals surface area contributed by atoms with Gasteiger partial charge >= 0.3 is 5.97 Å². The quantitative estimate of drug-likeness (QED) is 0.766. The maximum absolute atomic E-state index is 11.8. The van der Waals surface area contributed by atoms with Crippen LogP contribution in [0.15, 0.2) is 24.3 Å². The van der Waals surface area contributed by atoms with Crippen molar-refractivity contribution in [2.45, 2.75) is 45.6 Å². The molecule has 21 heavy (non-hydrogen) atoms. The number of ketones is 1. The smallest absolute Gasteiger partial charge is 0.326 e. The van der Waals surface area contributed by atoms with Crippen LogP contribution in [0.3, 0.4) is 0 Å². The zero-order valence-electron chi connectivity index (χ0n) is 12.4. The maximum Gasteiger partial charge on any atom is 0.326 e. The van der Waals surface area contributed by atoms with Gasteiger partial charge in [0, 0.05) is 12.8 Å². The normalized spacial score (nSPS) is 11.7. The lowest BCUT2D eigenvalue weighted by Crippen LogP contribution is -2.41. The average molecular weight is 291 g/mol. The second-order valence-corrected chi connectivity index (χ2v) is 5.18. The molecule has 0 saturated carbocycles. The van der Waals surface area contributed by atoms with E-state index in [1.165, 1.54) is 6.92 Å². The first-order valence-corrected chi connectivity index (χ1v) is 6.95. The number of carbonyl (C=O) groups is 3. The van der Waals surface area contributed by atoms with Gasteiger partial charge in [-0.15, -0.1) is 0 Å². The number of aliphatic carboxylic acids is 1. The van der Waals surface area contributed by atoms with E-state index in [9.17, 15) is 14.4 Å². The number of carboxylic acids is 1. The molecular weight excluding hydrogens is 270 g/mol. The summed E-state index contributed by atoms with van der Waals surface area (Å²) >= 11 is 0. The highest BCUT2D eigenvalue weighted by molar-refractivity contribution is 5.84. The standard InChI is InChI=1S/C16H21NO4/c1-11-3-6-13(7-4-11)8-10-15(19)17-14(16(20)21)9-5-12(2)18/h3-4,6-7,14H,5,8-10H2,1-2H3,(H,17,19)(H,20,21). The third-order valence-electron chi connectivity index (χ3n) is 3.18. The molecule has 2 N–H and O–H groups in total. The Morgan fingerprint density at radius 2 is 1.76 bits per heavy atom. The molecule has 0 heterocycles. The largest absolute Gasteiger partial charge is 0.480 e. The van der Waals surface area contributed by atoms with Crippen molar-refractivity contribution in [3.8, 4) is 0 Å². The van der Waals surface area contributed by atoms with Crippen LogP contribution in [-0.2, 0) is 20.8 Å². The molecule has 0 bridgehead atoms. The second-order valence-electron chi connectivity index (χ2n) is 5.18. The van der Waals surface area contributed by atoms with E-state index in [0.29, 0.717) is 6.42 Å². The van der Waals surface area contributed by atoms with Crippen molar-refractivity contribution < 1.29 is 19.5 Å². The highest BCUT2D eigenvalue weighted by atomic mass is 16.4. The maximum atomic E-state index is 11.8. The first kappa shape index (κ1) is 16.9. The van der Waals surface area contributed by atoms with Crippen LogP contribution in [0.4, 0.5) is 0 Å². The molecule has 0 aliphatic carbocycles. The van der Waals surface area contributed by atoms with E-state index in [2.05, 4.69) is 5.32 Å². The van der Waals surface area contributed by atoms with Crippen LogP contribution in [0, 0.1) is 6.92 Å². The molecule has 1 unspecified atom stereocenters. The van der Waals surface area contributed by atoms with E-state index in [-0.39, 0.29) is 31.0 Å². The lowest BCUT2D eigenvalue weighted by Gasteiger charge is -2.13. The Labute approximate surface area is 124 Å². The first-order valence-electron chi connectivity index (χ1n) is 6.95. The summed E-state index contributed by atoms with van der Waals surface area (Å²) in [7, 11) is 0. The molecule has 0 aromatic heterocycles. The van der Waals surface area contributed by atoms with Crippen molar-refractivity contribution in [3.63, 3.8) is 0 Å². The molecule has 0 saturated heterocycles.